The quantitative estimate of drug-likeness (QED) is 0.735. The van der Waals surface area contributed by atoms with Crippen molar-refractivity contribution < 1.29 is 14.6 Å². The number of carbonyl (C=O) groups excluding carboxylic acids is 1. The molecule has 4 atom stereocenters. The van der Waals surface area contributed by atoms with Crippen LogP contribution in [0.3, 0.4) is 0 Å². The molecular formula is C14H27NO3. The molecule has 1 rings (SSSR count). The molecule has 0 aromatic rings. The summed E-state index contributed by atoms with van der Waals surface area (Å²) >= 11 is 0. The number of nitrogens with two attached hydrogens (primary N) is 1. The summed E-state index contributed by atoms with van der Waals surface area (Å²) in [5.41, 5.74) is 5.33. The molecule has 0 radical (unpaired) electrons. The van der Waals surface area contributed by atoms with E-state index < -0.39 is 12.1 Å². The van der Waals surface area contributed by atoms with E-state index in [4.69, 9.17) is 10.5 Å². The minimum Gasteiger partial charge on any atom is -0.460 e. The first-order valence-corrected chi connectivity index (χ1v) is 7.04. The lowest BCUT2D eigenvalue weighted by Crippen LogP contribution is -2.38. The van der Waals surface area contributed by atoms with E-state index in [1.807, 2.05) is 0 Å². The molecule has 0 spiro atoms. The molecule has 1 saturated carbocycles. The number of esters is 1. The normalized spacial score (nSPS) is 30.2. The first kappa shape index (κ1) is 15.4. The Kier molecular flexibility index (Phi) is 6.09. The smallest absolute Gasteiger partial charge is 0.335 e. The molecule has 1 aliphatic rings. The monoisotopic (exact) mass is 257 g/mol. The van der Waals surface area contributed by atoms with E-state index in [0.717, 1.165) is 12.8 Å². The van der Waals surface area contributed by atoms with Crippen LogP contribution in [0.1, 0.15) is 46.5 Å². The van der Waals surface area contributed by atoms with Gasteiger partial charge in [0.15, 0.2) is 6.10 Å². The largest absolute Gasteiger partial charge is 0.460 e. The van der Waals surface area contributed by atoms with Gasteiger partial charge in [0.1, 0.15) is 6.10 Å². The zero-order valence-electron chi connectivity index (χ0n) is 11.8. The van der Waals surface area contributed by atoms with Crippen molar-refractivity contribution in [1.29, 1.82) is 0 Å². The Morgan fingerprint density at radius 1 is 1.44 bits per heavy atom. The van der Waals surface area contributed by atoms with Gasteiger partial charge in [0.25, 0.3) is 0 Å². The van der Waals surface area contributed by atoms with E-state index in [1.165, 1.54) is 6.42 Å². The Hall–Kier alpha value is -0.610. The van der Waals surface area contributed by atoms with Crippen LogP contribution in [0.2, 0.25) is 0 Å². The summed E-state index contributed by atoms with van der Waals surface area (Å²) in [6, 6.07) is 0. The fraction of sp³-hybridized carbons (Fsp3) is 0.929. The van der Waals surface area contributed by atoms with Crippen molar-refractivity contribution in [3.8, 4) is 0 Å². The first-order chi connectivity index (χ1) is 8.45. The number of rotatable bonds is 5. The van der Waals surface area contributed by atoms with E-state index in [0.29, 0.717) is 24.3 Å². The lowest BCUT2D eigenvalue weighted by Gasteiger charge is -2.37. The van der Waals surface area contributed by atoms with E-state index in [2.05, 4.69) is 20.8 Å². The third-order valence-corrected chi connectivity index (χ3v) is 3.94. The van der Waals surface area contributed by atoms with Gasteiger partial charge in [-0.3, -0.25) is 0 Å². The van der Waals surface area contributed by atoms with Crippen LogP contribution in [-0.4, -0.2) is 29.8 Å². The SMILES string of the molecule is CC1CCC(C(C)C)C(OC(=O)C(O)CCN)C1. The van der Waals surface area contributed by atoms with E-state index in [1.54, 1.807) is 0 Å². The van der Waals surface area contributed by atoms with E-state index in [9.17, 15) is 9.90 Å². The Morgan fingerprint density at radius 2 is 2.11 bits per heavy atom. The Bertz CT molecular complexity index is 268. The maximum atomic E-state index is 11.7. The number of aliphatic hydroxyl groups excluding tert-OH is 1. The predicted molar refractivity (Wildman–Crippen MR) is 70.9 cm³/mol. The average Bonchev–Trinajstić information content (AvgIpc) is 2.28. The average molecular weight is 257 g/mol. The molecule has 3 N–H and O–H groups in total. The number of ether oxygens (including phenoxy) is 1. The maximum Gasteiger partial charge on any atom is 0.335 e. The summed E-state index contributed by atoms with van der Waals surface area (Å²) in [5, 5.41) is 9.58. The highest BCUT2D eigenvalue weighted by atomic mass is 16.6. The number of aliphatic hydroxyl groups is 1. The molecule has 0 aromatic heterocycles. The minimum absolute atomic E-state index is 0.0475. The van der Waals surface area contributed by atoms with Crippen LogP contribution in [-0.2, 0) is 9.53 Å². The lowest BCUT2D eigenvalue weighted by atomic mass is 9.75. The van der Waals surface area contributed by atoms with Gasteiger partial charge in [-0.2, -0.15) is 0 Å². The van der Waals surface area contributed by atoms with Crippen molar-refractivity contribution in [3.63, 3.8) is 0 Å². The molecule has 0 bridgehead atoms. The zero-order chi connectivity index (χ0) is 13.7. The Balaban J connectivity index is 2.57. The molecule has 4 unspecified atom stereocenters. The van der Waals surface area contributed by atoms with Gasteiger partial charge in [-0.15, -0.1) is 0 Å². The second-order valence-electron chi connectivity index (χ2n) is 5.89. The second kappa shape index (κ2) is 7.10. The summed E-state index contributed by atoms with van der Waals surface area (Å²) in [6.07, 6.45) is 2.36. The molecule has 106 valence electrons. The molecule has 1 aliphatic carbocycles. The van der Waals surface area contributed by atoms with Gasteiger partial charge in [0.2, 0.25) is 0 Å². The van der Waals surface area contributed by atoms with Gasteiger partial charge in [-0.1, -0.05) is 27.2 Å². The highest BCUT2D eigenvalue weighted by Gasteiger charge is 2.34. The van der Waals surface area contributed by atoms with Gasteiger partial charge in [-0.25, -0.2) is 4.79 Å². The number of carbonyl (C=O) groups is 1. The summed E-state index contributed by atoms with van der Waals surface area (Å²) in [5.74, 6) is 0.992. The number of hydrogen-bond acceptors (Lipinski definition) is 4. The van der Waals surface area contributed by atoms with Gasteiger partial charge in [0, 0.05) is 0 Å². The predicted octanol–water partition coefficient (Wildman–Crippen LogP) is 1.70. The highest BCUT2D eigenvalue weighted by molar-refractivity contribution is 5.74. The third kappa shape index (κ3) is 4.25. The molecule has 4 heteroatoms. The van der Waals surface area contributed by atoms with Gasteiger partial charge in [0.05, 0.1) is 0 Å². The van der Waals surface area contributed by atoms with E-state index >= 15 is 0 Å². The summed E-state index contributed by atoms with van der Waals surface area (Å²) in [6.45, 7) is 6.81. The van der Waals surface area contributed by atoms with E-state index in [-0.39, 0.29) is 12.5 Å². The fourth-order valence-corrected chi connectivity index (χ4v) is 2.75. The number of hydrogen-bond donors (Lipinski definition) is 2. The molecule has 0 amide bonds. The van der Waals surface area contributed by atoms with Crippen molar-refractivity contribution in [2.24, 2.45) is 23.5 Å². The lowest BCUT2D eigenvalue weighted by molar-refractivity contribution is -0.166. The first-order valence-electron chi connectivity index (χ1n) is 7.04. The van der Waals surface area contributed by atoms with Crippen molar-refractivity contribution in [3.05, 3.63) is 0 Å². The van der Waals surface area contributed by atoms with Crippen LogP contribution in [0.25, 0.3) is 0 Å². The highest BCUT2D eigenvalue weighted by Crippen LogP contribution is 2.35. The maximum absolute atomic E-state index is 11.7. The Labute approximate surface area is 110 Å². The second-order valence-corrected chi connectivity index (χ2v) is 5.89. The molecule has 0 saturated heterocycles. The van der Waals surface area contributed by atoms with Gasteiger partial charge >= 0.3 is 5.97 Å². The summed E-state index contributed by atoms with van der Waals surface area (Å²) < 4.78 is 5.51. The Morgan fingerprint density at radius 3 is 2.67 bits per heavy atom. The van der Waals surface area contributed by atoms with Crippen molar-refractivity contribution in [1.82, 2.24) is 0 Å². The summed E-state index contributed by atoms with van der Waals surface area (Å²) in [4.78, 5) is 11.7. The molecule has 0 aliphatic heterocycles. The van der Waals surface area contributed by atoms with Crippen LogP contribution in [0.4, 0.5) is 0 Å². The molecule has 4 nitrogen and oxygen atoms in total. The third-order valence-electron chi connectivity index (χ3n) is 3.94. The van der Waals surface area contributed by atoms with Gasteiger partial charge < -0.3 is 15.6 Å². The van der Waals surface area contributed by atoms with Crippen LogP contribution in [0.15, 0.2) is 0 Å². The molecular weight excluding hydrogens is 230 g/mol. The fourth-order valence-electron chi connectivity index (χ4n) is 2.75. The molecule has 0 heterocycles. The zero-order valence-corrected chi connectivity index (χ0v) is 11.8. The van der Waals surface area contributed by atoms with Crippen molar-refractivity contribution in [2.75, 3.05) is 6.54 Å². The standard InChI is InChI=1S/C14H27NO3/c1-9(2)11-5-4-10(3)8-13(11)18-14(17)12(16)6-7-15/h9-13,16H,4-8,15H2,1-3H3. The van der Waals surface area contributed by atoms with Crippen LogP contribution < -0.4 is 5.73 Å². The molecule has 0 aromatic carbocycles. The van der Waals surface area contributed by atoms with Gasteiger partial charge in [-0.05, 0) is 43.6 Å². The molecule has 1 fully saturated rings. The minimum atomic E-state index is -1.07. The van der Waals surface area contributed by atoms with Crippen LogP contribution in [0, 0.1) is 17.8 Å². The van der Waals surface area contributed by atoms with Crippen LogP contribution in [0.5, 0.6) is 0 Å². The van der Waals surface area contributed by atoms with Crippen LogP contribution >= 0.6 is 0 Å². The van der Waals surface area contributed by atoms with Crippen molar-refractivity contribution in [2.45, 2.75) is 58.7 Å². The molecule has 18 heavy (non-hydrogen) atoms. The summed E-state index contributed by atoms with van der Waals surface area (Å²) in [7, 11) is 0. The van der Waals surface area contributed by atoms with Crippen molar-refractivity contribution >= 4 is 5.97 Å². The topological polar surface area (TPSA) is 72.5 Å².